The maximum atomic E-state index is 4.46. The van der Waals surface area contributed by atoms with Crippen molar-refractivity contribution in [3.05, 3.63) is 35.7 Å². The molecule has 0 radical (unpaired) electrons. The van der Waals surface area contributed by atoms with Crippen LogP contribution in [0.1, 0.15) is 36.4 Å². The van der Waals surface area contributed by atoms with Crippen molar-refractivity contribution in [1.82, 2.24) is 4.98 Å². The third kappa shape index (κ3) is 2.68. The SMILES string of the molecule is BrCCC=Cc1ccc(C2CC2)nc1. The van der Waals surface area contributed by atoms with Crippen molar-refractivity contribution in [3.8, 4) is 0 Å². The third-order valence-electron chi connectivity index (χ3n) is 2.39. The van der Waals surface area contributed by atoms with Crippen LogP contribution in [0.3, 0.4) is 0 Å². The Bertz CT molecular complexity index is 312. The lowest BCUT2D eigenvalue weighted by atomic mass is 10.2. The molecular formula is C12H14BrN. The summed E-state index contributed by atoms with van der Waals surface area (Å²) in [5.41, 5.74) is 2.47. The molecular weight excluding hydrogens is 238 g/mol. The molecule has 0 aromatic carbocycles. The maximum Gasteiger partial charge on any atom is 0.0434 e. The van der Waals surface area contributed by atoms with Crippen molar-refractivity contribution < 1.29 is 0 Å². The molecule has 0 bridgehead atoms. The second-order valence-corrected chi connectivity index (χ2v) is 4.46. The van der Waals surface area contributed by atoms with Crippen molar-refractivity contribution in [2.75, 3.05) is 5.33 Å². The summed E-state index contributed by atoms with van der Waals surface area (Å²) in [6.07, 6.45) is 9.99. The van der Waals surface area contributed by atoms with Crippen molar-refractivity contribution >= 4 is 22.0 Å². The van der Waals surface area contributed by atoms with E-state index in [4.69, 9.17) is 0 Å². The molecule has 1 heterocycles. The molecule has 0 atom stereocenters. The lowest BCUT2D eigenvalue weighted by Gasteiger charge is -1.97. The second-order valence-electron chi connectivity index (χ2n) is 3.67. The van der Waals surface area contributed by atoms with Gasteiger partial charge in [0, 0.05) is 23.1 Å². The van der Waals surface area contributed by atoms with Gasteiger partial charge in [0.25, 0.3) is 0 Å². The minimum absolute atomic E-state index is 0.760. The Labute approximate surface area is 93.4 Å². The predicted octanol–water partition coefficient (Wildman–Crippen LogP) is 3.76. The molecule has 1 aromatic heterocycles. The van der Waals surface area contributed by atoms with Gasteiger partial charge in [-0.25, -0.2) is 0 Å². The first-order valence-electron chi connectivity index (χ1n) is 5.08. The highest BCUT2D eigenvalue weighted by Crippen LogP contribution is 2.38. The summed E-state index contributed by atoms with van der Waals surface area (Å²) >= 11 is 3.39. The zero-order chi connectivity index (χ0) is 9.80. The second kappa shape index (κ2) is 4.74. The summed E-state index contributed by atoms with van der Waals surface area (Å²) in [6, 6.07) is 4.32. The van der Waals surface area contributed by atoms with Crippen LogP contribution in [0.15, 0.2) is 24.4 Å². The average molecular weight is 252 g/mol. The van der Waals surface area contributed by atoms with Gasteiger partial charge in [-0.2, -0.15) is 0 Å². The number of rotatable bonds is 4. The number of pyridine rings is 1. The van der Waals surface area contributed by atoms with Gasteiger partial charge in [-0.1, -0.05) is 34.1 Å². The number of halogens is 1. The van der Waals surface area contributed by atoms with Crippen LogP contribution >= 0.6 is 15.9 Å². The standard InChI is InChI=1S/C12H14BrN/c13-8-2-1-3-10-4-7-12(14-9-10)11-5-6-11/h1,3-4,7,9,11H,2,5-6,8H2. The van der Waals surface area contributed by atoms with Crippen molar-refractivity contribution in [3.63, 3.8) is 0 Å². The highest BCUT2D eigenvalue weighted by Gasteiger charge is 2.24. The molecule has 0 N–H and O–H groups in total. The van der Waals surface area contributed by atoms with Gasteiger partial charge in [-0.3, -0.25) is 4.98 Å². The van der Waals surface area contributed by atoms with E-state index in [1.807, 2.05) is 6.20 Å². The van der Waals surface area contributed by atoms with Crippen LogP contribution in [0.4, 0.5) is 0 Å². The van der Waals surface area contributed by atoms with E-state index in [-0.39, 0.29) is 0 Å². The minimum Gasteiger partial charge on any atom is -0.260 e. The Morgan fingerprint density at radius 1 is 1.43 bits per heavy atom. The number of allylic oxidation sites excluding steroid dienone is 1. The van der Waals surface area contributed by atoms with E-state index in [2.05, 4.69) is 45.2 Å². The largest absolute Gasteiger partial charge is 0.260 e. The first-order chi connectivity index (χ1) is 6.90. The van der Waals surface area contributed by atoms with Gasteiger partial charge in [-0.15, -0.1) is 0 Å². The van der Waals surface area contributed by atoms with Gasteiger partial charge in [-0.05, 0) is 30.9 Å². The zero-order valence-corrected chi connectivity index (χ0v) is 9.70. The van der Waals surface area contributed by atoms with Crippen molar-refractivity contribution in [1.29, 1.82) is 0 Å². The normalized spacial score (nSPS) is 16.4. The number of aromatic nitrogens is 1. The molecule has 1 fully saturated rings. The fourth-order valence-electron chi connectivity index (χ4n) is 1.42. The molecule has 1 aromatic rings. The molecule has 0 aliphatic heterocycles. The van der Waals surface area contributed by atoms with E-state index in [0.29, 0.717) is 0 Å². The topological polar surface area (TPSA) is 12.9 Å². The number of nitrogens with zero attached hydrogens (tertiary/aromatic N) is 1. The molecule has 1 aliphatic carbocycles. The van der Waals surface area contributed by atoms with Crippen LogP contribution in [0.5, 0.6) is 0 Å². The molecule has 14 heavy (non-hydrogen) atoms. The molecule has 74 valence electrons. The lowest BCUT2D eigenvalue weighted by molar-refractivity contribution is 1.02. The van der Waals surface area contributed by atoms with Crippen LogP contribution in [0, 0.1) is 0 Å². The van der Waals surface area contributed by atoms with Gasteiger partial charge in [0.15, 0.2) is 0 Å². The summed E-state index contributed by atoms with van der Waals surface area (Å²) in [5.74, 6) is 0.760. The van der Waals surface area contributed by atoms with Crippen LogP contribution in [-0.4, -0.2) is 10.3 Å². The van der Waals surface area contributed by atoms with E-state index < -0.39 is 0 Å². The highest BCUT2D eigenvalue weighted by atomic mass is 79.9. The first-order valence-corrected chi connectivity index (χ1v) is 6.21. The summed E-state index contributed by atoms with van der Waals surface area (Å²) in [5, 5.41) is 1.02. The summed E-state index contributed by atoms with van der Waals surface area (Å²) in [7, 11) is 0. The van der Waals surface area contributed by atoms with E-state index in [9.17, 15) is 0 Å². The average Bonchev–Trinajstić information content (AvgIpc) is 3.03. The van der Waals surface area contributed by atoms with Gasteiger partial charge >= 0.3 is 0 Å². The first kappa shape index (κ1) is 9.91. The Morgan fingerprint density at radius 3 is 2.86 bits per heavy atom. The molecule has 0 saturated heterocycles. The third-order valence-corrected chi connectivity index (χ3v) is 2.85. The Kier molecular flexibility index (Phi) is 3.35. The summed E-state index contributed by atoms with van der Waals surface area (Å²) < 4.78 is 0. The van der Waals surface area contributed by atoms with Crippen LogP contribution < -0.4 is 0 Å². The Hall–Kier alpha value is -0.630. The summed E-state index contributed by atoms with van der Waals surface area (Å²) in [6.45, 7) is 0. The fraction of sp³-hybridized carbons (Fsp3) is 0.417. The van der Waals surface area contributed by atoms with E-state index in [1.165, 1.54) is 24.1 Å². The number of hydrogen-bond donors (Lipinski definition) is 0. The monoisotopic (exact) mass is 251 g/mol. The molecule has 1 aliphatic rings. The van der Waals surface area contributed by atoms with Gasteiger partial charge in [0.2, 0.25) is 0 Å². The minimum atomic E-state index is 0.760. The smallest absolute Gasteiger partial charge is 0.0434 e. The fourth-order valence-corrected chi connectivity index (χ4v) is 1.68. The quantitative estimate of drug-likeness (QED) is 0.743. The van der Waals surface area contributed by atoms with Crippen molar-refractivity contribution in [2.24, 2.45) is 0 Å². The Morgan fingerprint density at radius 2 is 2.29 bits per heavy atom. The lowest BCUT2D eigenvalue weighted by Crippen LogP contribution is -1.85. The summed E-state index contributed by atoms with van der Waals surface area (Å²) in [4.78, 5) is 4.46. The zero-order valence-electron chi connectivity index (χ0n) is 8.12. The molecule has 0 amide bonds. The predicted molar refractivity (Wildman–Crippen MR) is 63.7 cm³/mol. The molecule has 0 unspecified atom stereocenters. The van der Waals surface area contributed by atoms with E-state index in [0.717, 1.165) is 17.7 Å². The molecule has 0 spiro atoms. The van der Waals surface area contributed by atoms with E-state index in [1.54, 1.807) is 0 Å². The van der Waals surface area contributed by atoms with Crippen LogP contribution in [0.25, 0.3) is 6.08 Å². The number of alkyl halides is 1. The molecule has 2 rings (SSSR count). The molecule has 1 saturated carbocycles. The molecule has 1 nitrogen and oxygen atoms in total. The van der Waals surface area contributed by atoms with Gasteiger partial charge in [0.05, 0.1) is 0 Å². The highest BCUT2D eigenvalue weighted by molar-refractivity contribution is 9.09. The Balaban J connectivity index is 1.98. The van der Waals surface area contributed by atoms with E-state index >= 15 is 0 Å². The van der Waals surface area contributed by atoms with Gasteiger partial charge < -0.3 is 0 Å². The van der Waals surface area contributed by atoms with Gasteiger partial charge in [0.1, 0.15) is 0 Å². The maximum absolute atomic E-state index is 4.46. The van der Waals surface area contributed by atoms with Crippen molar-refractivity contribution in [2.45, 2.75) is 25.2 Å². The number of hydrogen-bond acceptors (Lipinski definition) is 1. The van der Waals surface area contributed by atoms with Crippen LogP contribution in [-0.2, 0) is 0 Å². The van der Waals surface area contributed by atoms with Crippen LogP contribution in [0.2, 0.25) is 0 Å². The molecule has 2 heteroatoms.